The smallest absolute Gasteiger partial charge is 0.309 e. The standard InChI is InChI=1S/C28H52N2O2Si/c1-3-32-27(31)22(2)21-29-26(23-13-7-4-8-14-23)19-20-30(33)28(29,24-15-9-5-10-16-24)25-17-11-6-12-18-25/h22-26H,3-21H2,1-2,33H3. The lowest BCUT2D eigenvalue weighted by atomic mass is 9.65. The second kappa shape index (κ2) is 12.0. The largest absolute Gasteiger partial charge is 0.466 e. The first-order valence-electron chi connectivity index (χ1n) is 14.7. The van der Waals surface area contributed by atoms with Gasteiger partial charge in [0.05, 0.1) is 28.6 Å². The van der Waals surface area contributed by atoms with Crippen molar-refractivity contribution in [3.8, 4) is 0 Å². The highest BCUT2D eigenvalue weighted by atomic mass is 28.2. The topological polar surface area (TPSA) is 32.8 Å². The van der Waals surface area contributed by atoms with E-state index in [0.29, 0.717) is 12.6 Å². The second-order valence-corrected chi connectivity index (χ2v) is 13.0. The summed E-state index contributed by atoms with van der Waals surface area (Å²) >= 11 is 0. The molecule has 0 N–H and O–H groups in total. The third-order valence-electron chi connectivity index (χ3n) is 10.00. The summed E-state index contributed by atoms with van der Waals surface area (Å²) < 4.78 is 8.50. The van der Waals surface area contributed by atoms with Gasteiger partial charge in [0.2, 0.25) is 0 Å². The molecule has 5 heteroatoms. The van der Waals surface area contributed by atoms with E-state index >= 15 is 0 Å². The number of hydrogen-bond donors (Lipinski definition) is 0. The average molecular weight is 477 g/mol. The van der Waals surface area contributed by atoms with Gasteiger partial charge >= 0.3 is 5.97 Å². The normalized spacial score (nSPS) is 30.3. The van der Waals surface area contributed by atoms with E-state index in [-0.39, 0.29) is 17.6 Å². The van der Waals surface area contributed by atoms with Crippen LogP contribution in [0.15, 0.2) is 0 Å². The van der Waals surface area contributed by atoms with Gasteiger partial charge in [-0.2, -0.15) is 0 Å². The van der Waals surface area contributed by atoms with E-state index in [4.69, 9.17) is 4.74 Å². The number of nitrogens with zero attached hydrogens (tertiary/aromatic N) is 2. The first-order chi connectivity index (χ1) is 16.1. The molecule has 33 heavy (non-hydrogen) atoms. The Morgan fingerprint density at radius 2 is 1.39 bits per heavy atom. The number of carbonyl (C=O) groups is 1. The molecule has 4 fully saturated rings. The van der Waals surface area contributed by atoms with Crippen molar-refractivity contribution in [2.24, 2.45) is 23.7 Å². The van der Waals surface area contributed by atoms with E-state index < -0.39 is 0 Å². The second-order valence-electron chi connectivity index (χ2n) is 11.9. The van der Waals surface area contributed by atoms with Crippen LogP contribution in [0.5, 0.6) is 0 Å². The maximum absolute atomic E-state index is 12.9. The van der Waals surface area contributed by atoms with Gasteiger partial charge in [-0.15, -0.1) is 0 Å². The molecule has 1 saturated heterocycles. The monoisotopic (exact) mass is 476 g/mol. The van der Waals surface area contributed by atoms with Gasteiger partial charge in [0.1, 0.15) is 0 Å². The summed E-state index contributed by atoms with van der Waals surface area (Å²) in [6, 6.07) is 0.663. The van der Waals surface area contributed by atoms with Gasteiger partial charge in [0, 0.05) is 12.6 Å². The molecule has 2 atom stereocenters. The fourth-order valence-electron chi connectivity index (χ4n) is 8.57. The van der Waals surface area contributed by atoms with Crippen molar-refractivity contribution in [1.82, 2.24) is 9.47 Å². The number of hydrogen-bond acceptors (Lipinski definition) is 4. The van der Waals surface area contributed by atoms with Crippen molar-refractivity contribution in [3.63, 3.8) is 0 Å². The maximum atomic E-state index is 12.9. The molecule has 0 aromatic heterocycles. The molecular formula is C28H52N2O2Si. The molecule has 3 saturated carbocycles. The van der Waals surface area contributed by atoms with E-state index in [1.807, 2.05) is 6.92 Å². The molecule has 0 spiro atoms. The van der Waals surface area contributed by atoms with Gasteiger partial charge in [0.15, 0.2) is 0 Å². The molecule has 3 aliphatic carbocycles. The zero-order valence-corrected chi connectivity index (χ0v) is 24.0. The molecule has 0 radical (unpaired) electrons. The number of carbonyl (C=O) groups excluding carboxylic acids is 1. The first kappa shape index (κ1) is 25.7. The van der Waals surface area contributed by atoms with Crippen molar-refractivity contribution in [2.75, 3.05) is 19.7 Å². The van der Waals surface area contributed by atoms with Crippen LogP contribution in [0.4, 0.5) is 0 Å². The van der Waals surface area contributed by atoms with Crippen LogP contribution in [-0.2, 0) is 9.53 Å². The summed E-state index contributed by atoms with van der Waals surface area (Å²) in [5.74, 6) is 2.39. The molecule has 0 bridgehead atoms. The molecule has 0 aromatic carbocycles. The van der Waals surface area contributed by atoms with Crippen molar-refractivity contribution in [1.29, 1.82) is 0 Å². The Morgan fingerprint density at radius 3 is 1.91 bits per heavy atom. The van der Waals surface area contributed by atoms with Gasteiger partial charge in [-0.05, 0) is 76.2 Å². The minimum Gasteiger partial charge on any atom is -0.466 e. The number of rotatable bonds is 7. The molecular weight excluding hydrogens is 424 g/mol. The van der Waals surface area contributed by atoms with E-state index in [2.05, 4.69) is 16.4 Å². The lowest BCUT2D eigenvalue weighted by Crippen LogP contribution is -2.75. The zero-order chi connectivity index (χ0) is 23.3. The molecule has 1 heterocycles. The highest BCUT2D eigenvalue weighted by Gasteiger charge is 2.57. The summed E-state index contributed by atoms with van der Waals surface area (Å²) in [6.45, 7) is 6.80. The van der Waals surface area contributed by atoms with E-state index in [1.54, 1.807) is 0 Å². The summed E-state index contributed by atoms with van der Waals surface area (Å²) in [5.41, 5.74) is 0.203. The molecule has 4 rings (SSSR count). The summed E-state index contributed by atoms with van der Waals surface area (Å²) in [4.78, 5) is 15.9. The van der Waals surface area contributed by atoms with Crippen LogP contribution >= 0.6 is 0 Å². The maximum Gasteiger partial charge on any atom is 0.309 e. The van der Waals surface area contributed by atoms with Crippen LogP contribution in [-0.4, -0.2) is 57.2 Å². The predicted octanol–water partition coefficient (Wildman–Crippen LogP) is 5.28. The van der Waals surface area contributed by atoms with E-state index in [9.17, 15) is 4.79 Å². The van der Waals surface area contributed by atoms with E-state index in [1.165, 1.54) is 109 Å². The van der Waals surface area contributed by atoms with E-state index in [0.717, 1.165) is 34.7 Å². The van der Waals surface area contributed by atoms with Crippen LogP contribution in [0.3, 0.4) is 0 Å². The molecule has 1 aliphatic heterocycles. The van der Waals surface area contributed by atoms with Gasteiger partial charge in [0.25, 0.3) is 0 Å². The molecule has 0 aromatic rings. The lowest BCUT2D eigenvalue weighted by Gasteiger charge is -2.66. The van der Waals surface area contributed by atoms with Gasteiger partial charge in [-0.25, -0.2) is 0 Å². The summed E-state index contributed by atoms with van der Waals surface area (Å²) in [5, 5.41) is 0. The molecule has 4 nitrogen and oxygen atoms in total. The Balaban J connectivity index is 1.74. The Hall–Kier alpha value is -0.393. The number of ether oxygens (including phenoxy) is 1. The quantitative estimate of drug-likeness (QED) is 0.370. The Morgan fingerprint density at radius 1 is 0.879 bits per heavy atom. The van der Waals surface area contributed by atoms with Crippen LogP contribution in [0.25, 0.3) is 0 Å². The Bertz CT molecular complexity index is 593. The highest BCUT2D eigenvalue weighted by molar-refractivity contribution is 6.05. The third-order valence-corrected chi connectivity index (χ3v) is 11.2. The van der Waals surface area contributed by atoms with Gasteiger partial charge in [-0.3, -0.25) is 9.69 Å². The molecule has 190 valence electrons. The fourth-order valence-corrected chi connectivity index (χ4v) is 9.82. The van der Waals surface area contributed by atoms with Crippen LogP contribution in [0.1, 0.15) is 117 Å². The highest BCUT2D eigenvalue weighted by Crippen LogP contribution is 2.52. The number of esters is 1. The van der Waals surface area contributed by atoms with Crippen molar-refractivity contribution in [3.05, 3.63) is 0 Å². The first-order valence-corrected chi connectivity index (χ1v) is 15.6. The Labute approximate surface area is 207 Å². The van der Waals surface area contributed by atoms with Crippen LogP contribution in [0, 0.1) is 23.7 Å². The fraction of sp³-hybridized carbons (Fsp3) is 0.964. The predicted molar refractivity (Wildman–Crippen MR) is 140 cm³/mol. The lowest BCUT2D eigenvalue weighted by molar-refractivity contribution is -0.183. The SMILES string of the molecule is CCOC(=O)C(C)CN1C(C2CCCCC2)CCN([SiH3])C1(C1CCCCC1)C1CCCCC1. The molecule has 0 amide bonds. The minimum absolute atomic E-state index is 0.0200. The zero-order valence-electron chi connectivity index (χ0n) is 22.0. The molecule has 2 unspecified atom stereocenters. The molecule has 4 aliphatic rings. The third kappa shape index (κ3) is 5.40. The van der Waals surface area contributed by atoms with Crippen molar-refractivity contribution >= 4 is 16.4 Å². The van der Waals surface area contributed by atoms with Crippen LogP contribution in [0.2, 0.25) is 0 Å². The van der Waals surface area contributed by atoms with Gasteiger partial charge < -0.3 is 9.30 Å². The van der Waals surface area contributed by atoms with Crippen LogP contribution < -0.4 is 0 Å². The summed E-state index contributed by atoms with van der Waals surface area (Å²) in [7, 11) is 1.14. The van der Waals surface area contributed by atoms with Gasteiger partial charge in [-0.1, -0.05) is 64.7 Å². The minimum atomic E-state index is -0.0317. The van der Waals surface area contributed by atoms with Crippen molar-refractivity contribution in [2.45, 2.75) is 128 Å². The Kier molecular flexibility index (Phi) is 9.37. The average Bonchev–Trinajstić information content (AvgIpc) is 2.86. The summed E-state index contributed by atoms with van der Waals surface area (Å²) in [6.07, 6.45) is 22.4. The van der Waals surface area contributed by atoms with Crippen molar-refractivity contribution < 1.29 is 9.53 Å².